The van der Waals surface area contributed by atoms with Gasteiger partial charge in [0.1, 0.15) is 0 Å². The number of amides is 1. The summed E-state index contributed by atoms with van der Waals surface area (Å²) in [5.74, 6) is 0.876. The first-order valence-corrected chi connectivity index (χ1v) is 10.9. The van der Waals surface area contributed by atoms with Crippen LogP contribution in [0, 0.1) is 5.41 Å². The molecule has 1 atom stereocenters. The topological polar surface area (TPSA) is 68.8 Å². The van der Waals surface area contributed by atoms with E-state index in [4.69, 9.17) is 4.99 Å². The Morgan fingerprint density at radius 3 is 2.46 bits per heavy atom. The van der Waals surface area contributed by atoms with Gasteiger partial charge in [-0.25, -0.2) is 0 Å². The smallest absolute Gasteiger partial charge is 0.225 e. The Bertz CT molecular complexity index is 594. The van der Waals surface area contributed by atoms with E-state index in [1.54, 1.807) is 0 Å². The molecule has 160 valence electrons. The van der Waals surface area contributed by atoms with Gasteiger partial charge in [0.05, 0.1) is 12.6 Å². The van der Waals surface area contributed by atoms with Crippen LogP contribution in [-0.4, -0.2) is 56.0 Å². The minimum Gasteiger partial charge on any atom is -0.357 e. The quantitative estimate of drug-likeness (QED) is 0.213. The van der Waals surface area contributed by atoms with Crippen LogP contribution in [0.1, 0.15) is 51.5 Å². The van der Waals surface area contributed by atoms with Crippen LogP contribution in [0.3, 0.4) is 0 Å². The zero-order valence-electron chi connectivity index (χ0n) is 17.6. The van der Waals surface area contributed by atoms with E-state index in [2.05, 4.69) is 45.3 Å². The molecule has 0 saturated carbocycles. The number of aliphatic imine (C=N–C) groups is 1. The number of rotatable bonds is 8. The molecule has 1 unspecified atom stereocenters. The molecule has 1 aliphatic heterocycles. The van der Waals surface area contributed by atoms with Gasteiger partial charge in [0.2, 0.25) is 5.91 Å². The van der Waals surface area contributed by atoms with E-state index < -0.39 is 0 Å². The first kappa shape index (κ1) is 25.2. The standard InChI is InChI=1S/C20H35N5OS.HI/c1-5-21-19(23-11-10-22-18(26)20(2,3)4)24-15-16(17-9-8-14-27-17)25-12-6-7-13-25;/h8-9,14,16H,5-7,10-13,15H2,1-4H3,(H,22,26)(H2,21,23,24);1H. The average molecular weight is 522 g/mol. The number of likely N-dealkylation sites (tertiary alicyclic amines) is 1. The summed E-state index contributed by atoms with van der Waals surface area (Å²) in [6.07, 6.45) is 2.55. The molecule has 8 heteroatoms. The van der Waals surface area contributed by atoms with E-state index >= 15 is 0 Å². The Balaban J connectivity index is 0.00000392. The van der Waals surface area contributed by atoms with Crippen molar-refractivity contribution in [3.8, 4) is 0 Å². The van der Waals surface area contributed by atoms with Crippen LogP contribution in [0.25, 0.3) is 0 Å². The minimum atomic E-state index is -0.359. The summed E-state index contributed by atoms with van der Waals surface area (Å²) < 4.78 is 0. The summed E-state index contributed by atoms with van der Waals surface area (Å²) in [7, 11) is 0. The Morgan fingerprint density at radius 1 is 1.21 bits per heavy atom. The molecular weight excluding hydrogens is 485 g/mol. The molecule has 1 saturated heterocycles. The number of guanidine groups is 1. The van der Waals surface area contributed by atoms with Crippen LogP contribution in [0.15, 0.2) is 22.5 Å². The van der Waals surface area contributed by atoms with Crippen molar-refractivity contribution in [3.05, 3.63) is 22.4 Å². The van der Waals surface area contributed by atoms with Gasteiger partial charge in [0.25, 0.3) is 0 Å². The van der Waals surface area contributed by atoms with E-state index in [1.165, 1.54) is 17.7 Å². The zero-order chi connectivity index (χ0) is 19.7. The molecule has 0 spiro atoms. The Hall–Kier alpha value is -0.870. The van der Waals surface area contributed by atoms with Crippen molar-refractivity contribution < 1.29 is 4.79 Å². The molecule has 1 aromatic heterocycles. The van der Waals surface area contributed by atoms with Crippen molar-refractivity contribution >= 4 is 47.2 Å². The molecule has 2 heterocycles. The molecule has 28 heavy (non-hydrogen) atoms. The molecule has 0 bridgehead atoms. The van der Waals surface area contributed by atoms with Crippen molar-refractivity contribution in [2.45, 2.75) is 46.6 Å². The molecule has 3 N–H and O–H groups in total. The van der Waals surface area contributed by atoms with Gasteiger partial charge < -0.3 is 16.0 Å². The van der Waals surface area contributed by atoms with Gasteiger partial charge in [-0.2, -0.15) is 0 Å². The molecule has 1 aromatic rings. The third-order valence-electron chi connectivity index (χ3n) is 4.60. The average Bonchev–Trinajstić information content (AvgIpc) is 3.32. The fourth-order valence-electron chi connectivity index (χ4n) is 3.06. The molecule has 0 radical (unpaired) electrons. The number of hydrogen-bond acceptors (Lipinski definition) is 4. The monoisotopic (exact) mass is 521 g/mol. The lowest BCUT2D eigenvalue weighted by atomic mass is 9.96. The highest BCUT2D eigenvalue weighted by Gasteiger charge is 2.24. The van der Waals surface area contributed by atoms with Gasteiger partial charge in [0.15, 0.2) is 5.96 Å². The first-order chi connectivity index (χ1) is 12.9. The van der Waals surface area contributed by atoms with Gasteiger partial charge in [0, 0.05) is 29.9 Å². The van der Waals surface area contributed by atoms with E-state index in [0.717, 1.165) is 32.1 Å². The van der Waals surface area contributed by atoms with Crippen molar-refractivity contribution in [1.82, 2.24) is 20.9 Å². The maximum absolute atomic E-state index is 11.9. The van der Waals surface area contributed by atoms with Gasteiger partial charge >= 0.3 is 0 Å². The van der Waals surface area contributed by atoms with Crippen LogP contribution in [0.4, 0.5) is 0 Å². The number of hydrogen-bond donors (Lipinski definition) is 3. The Kier molecular flexibility index (Phi) is 11.4. The lowest BCUT2D eigenvalue weighted by Crippen LogP contribution is -2.43. The molecule has 0 aromatic carbocycles. The van der Waals surface area contributed by atoms with E-state index in [1.807, 2.05) is 32.1 Å². The molecular formula is C20H36IN5OS. The molecule has 0 aliphatic carbocycles. The van der Waals surface area contributed by atoms with Crippen molar-refractivity contribution in [3.63, 3.8) is 0 Å². The number of carbonyl (C=O) groups excluding carboxylic acids is 1. The lowest BCUT2D eigenvalue weighted by Gasteiger charge is -2.25. The first-order valence-electron chi connectivity index (χ1n) is 9.99. The molecule has 1 amide bonds. The summed E-state index contributed by atoms with van der Waals surface area (Å²) >= 11 is 1.81. The highest BCUT2D eigenvalue weighted by atomic mass is 127. The molecule has 1 aliphatic rings. The minimum absolute atomic E-state index is 0. The highest BCUT2D eigenvalue weighted by molar-refractivity contribution is 14.0. The fraction of sp³-hybridized carbons (Fsp3) is 0.700. The van der Waals surface area contributed by atoms with Gasteiger partial charge in [-0.05, 0) is 44.3 Å². The van der Waals surface area contributed by atoms with Crippen LogP contribution >= 0.6 is 35.3 Å². The van der Waals surface area contributed by atoms with E-state index in [9.17, 15) is 4.79 Å². The second-order valence-corrected chi connectivity index (χ2v) is 8.91. The third-order valence-corrected chi connectivity index (χ3v) is 5.58. The van der Waals surface area contributed by atoms with Crippen molar-refractivity contribution in [2.24, 2.45) is 10.4 Å². The lowest BCUT2D eigenvalue weighted by molar-refractivity contribution is -0.128. The van der Waals surface area contributed by atoms with Crippen molar-refractivity contribution in [1.29, 1.82) is 0 Å². The van der Waals surface area contributed by atoms with E-state index in [-0.39, 0.29) is 35.3 Å². The predicted octanol–water partition coefficient (Wildman–Crippen LogP) is 3.22. The molecule has 2 rings (SSSR count). The second kappa shape index (κ2) is 12.6. The summed E-state index contributed by atoms with van der Waals surface area (Å²) in [6, 6.07) is 4.68. The number of nitrogens with one attached hydrogen (secondary N) is 3. The summed E-state index contributed by atoms with van der Waals surface area (Å²) in [6.45, 7) is 12.9. The Labute approximate surface area is 191 Å². The number of carbonyl (C=O) groups is 1. The zero-order valence-corrected chi connectivity index (χ0v) is 20.7. The third kappa shape index (κ3) is 8.24. The maximum Gasteiger partial charge on any atom is 0.225 e. The predicted molar refractivity (Wildman–Crippen MR) is 130 cm³/mol. The highest BCUT2D eigenvalue weighted by Crippen LogP contribution is 2.28. The van der Waals surface area contributed by atoms with Gasteiger partial charge in [-0.1, -0.05) is 26.8 Å². The van der Waals surface area contributed by atoms with Crippen molar-refractivity contribution in [2.75, 3.05) is 39.3 Å². The maximum atomic E-state index is 11.9. The number of thiophene rings is 1. The van der Waals surface area contributed by atoms with Gasteiger partial charge in [-0.15, -0.1) is 35.3 Å². The second-order valence-electron chi connectivity index (χ2n) is 7.93. The Morgan fingerprint density at radius 2 is 1.89 bits per heavy atom. The number of nitrogens with zero attached hydrogens (tertiary/aromatic N) is 2. The van der Waals surface area contributed by atoms with Gasteiger partial charge in [-0.3, -0.25) is 14.7 Å². The summed E-state index contributed by atoms with van der Waals surface area (Å²) in [5.41, 5.74) is -0.359. The van der Waals surface area contributed by atoms with Crippen LogP contribution < -0.4 is 16.0 Å². The summed E-state index contributed by atoms with van der Waals surface area (Å²) in [4.78, 5) is 20.7. The molecule has 6 nitrogen and oxygen atoms in total. The van der Waals surface area contributed by atoms with Crippen LogP contribution in [0.5, 0.6) is 0 Å². The normalized spacial score (nSPS) is 16.4. The number of halogens is 1. The summed E-state index contributed by atoms with van der Waals surface area (Å²) in [5, 5.41) is 11.7. The van der Waals surface area contributed by atoms with E-state index in [0.29, 0.717) is 19.1 Å². The van der Waals surface area contributed by atoms with Crippen LogP contribution in [0.2, 0.25) is 0 Å². The largest absolute Gasteiger partial charge is 0.357 e. The fourth-order valence-corrected chi connectivity index (χ4v) is 3.91. The molecule has 1 fully saturated rings. The SMILES string of the molecule is CCNC(=NCC(c1cccs1)N1CCCC1)NCCNC(=O)C(C)(C)C.I. The van der Waals surface area contributed by atoms with Crippen LogP contribution in [-0.2, 0) is 4.79 Å².